The van der Waals surface area contributed by atoms with Crippen LogP contribution in [-0.2, 0) is 14.8 Å². The first-order valence-electron chi connectivity index (χ1n) is 9.43. The molecule has 2 aromatic rings. The number of amides is 1. The average Bonchev–Trinajstić information content (AvgIpc) is 2.70. The van der Waals surface area contributed by atoms with Crippen LogP contribution in [0.15, 0.2) is 53.4 Å². The van der Waals surface area contributed by atoms with Crippen molar-refractivity contribution in [3.8, 4) is 5.75 Å². The van der Waals surface area contributed by atoms with Crippen LogP contribution >= 0.6 is 0 Å². The monoisotopic (exact) mass is 418 g/mol. The molecule has 154 valence electrons. The third kappa shape index (κ3) is 5.88. The second kappa shape index (κ2) is 9.19. The van der Waals surface area contributed by atoms with Crippen molar-refractivity contribution in [1.82, 2.24) is 4.72 Å². The molecule has 0 aliphatic heterocycles. The van der Waals surface area contributed by atoms with Gasteiger partial charge in [-0.1, -0.05) is 25.3 Å². The van der Waals surface area contributed by atoms with Gasteiger partial charge in [0.2, 0.25) is 15.9 Å². The second-order valence-electron chi connectivity index (χ2n) is 7.01. The third-order valence-corrected chi connectivity index (χ3v) is 6.29. The van der Waals surface area contributed by atoms with Gasteiger partial charge >= 0.3 is 0 Å². The van der Waals surface area contributed by atoms with Crippen molar-refractivity contribution in [3.05, 3.63) is 59.9 Å². The summed E-state index contributed by atoms with van der Waals surface area (Å²) in [4.78, 5) is 12.2. The van der Waals surface area contributed by atoms with Crippen LogP contribution in [-0.4, -0.2) is 25.5 Å². The molecule has 0 atom stereocenters. The molecule has 1 amide bonds. The number of anilines is 1. The lowest BCUT2D eigenvalue weighted by Crippen LogP contribution is -2.36. The molecule has 6 nitrogen and oxygen atoms in total. The standard InChI is InChI=1S/C21H23FN2O4S/c22-19-14-15(6-12-20(19)25)7-13-21(26)23-16-8-10-18(11-9-16)29(27,28)24-17-4-2-1-3-5-17/h6-14,17,24-25H,1-5H2,(H,23,26). The van der Waals surface area contributed by atoms with E-state index >= 15 is 0 Å². The van der Waals surface area contributed by atoms with Crippen LogP contribution in [0.25, 0.3) is 6.08 Å². The molecule has 0 radical (unpaired) electrons. The fourth-order valence-corrected chi connectivity index (χ4v) is 4.51. The Morgan fingerprint density at radius 1 is 1.07 bits per heavy atom. The Kier molecular flexibility index (Phi) is 6.66. The Bertz CT molecular complexity index is 998. The largest absolute Gasteiger partial charge is 0.505 e. The van der Waals surface area contributed by atoms with Crippen LogP contribution < -0.4 is 10.0 Å². The van der Waals surface area contributed by atoms with Gasteiger partial charge in [0.1, 0.15) is 0 Å². The lowest BCUT2D eigenvalue weighted by Gasteiger charge is -2.22. The van der Waals surface area contributed by atoms with Gasteiger partial charge in [0.15, 0.2) is 11.6 Å². The molecule has 8 heteroatoms. The molecule has 1 aliphatic carbocycles. The van der Waals surface area contributed by atoms with Crippen LogP contribution in [0.2, 0.25) is 0 Å². The number of sulfonamides is 1. The minimum Gasteiger partial charge on any atom is -0.505 e. The Morgan fingerprint density at radius 2 is 1.76 bits per heavy atom. The van der Waals surface area contributed by atoms with E-state index in [9.17, 15) is 17.6 Å². The Hall–Kier alpha value is -2.71. The van der Waals surface area contributed by atoms with Crippen LogP contribution in [0.4, 0.5) is 10.1 Å². The summed E-state index contributed by atoms with van der Waals surface area (Å²) in [5, 5.41) is 11.8. The van der Waals surface area contributed by atoms with Crippen molar-refractivity contribution in [3.63, 3.8) is 0 Å². The lowest BCUT2D eigenvalue weighted by atomic mass is 9.96. The Balaban J connectivity index is 1.59. The molecule has 3 N–H and O–H groups in total. The van der Waals surface area contributed by atoms with Crippen LogP contribution in [0, 0.1) is 5.82 Å². The molecule has 1 saturated carbocycles. The summed E-state index contributed by atoms with van der Waals surface area (Å²) in [6.45, 7) is 0. The highest BCUT2D eigenvalue weighted by Gasteiger charge is 2.21. The summed E-state index contributed by atoms with van der Waals surface area (Å²) in [5.41, 5.74) is 0.860. The van der Waals surface area contributed by atoms with Crippen molar-refractivity contribution >= 4 is 27.7 Å². The number of hydrogen-bond donors (Lipinski definition) is 3. The summed E-state index contributed by atoms with van der Waals surface area (Å²) >= 11 is 0. The number of hydrogen-bond acceptors (Lipinski definition) is 4. The van der Waals surface area contributed by atoms with Gasteiger partial charge in [0, 0.05) is 17.8 Å². The number of rotatable bonds is 6. The normalized spacial score (nSPS) is 15.5. The number of aromatic hydroxyl groups is 1. The molecule has 3 rings (SSSR count). The quantitative estimate of drug-likeness (QED) is 0.622. The average molecular weight is 418 g/mol. The molecule has 0 unspecified atom stereocenters. The predicted molar refractivity (Wildman–Crippen MR) is 109 cm³/mol. The number of phenols is 1. The zero-order valence-corrected chi connectivity index (χ0v) is 16.6. The molecule has 0 spiro atoms. The highest BCUT2D eigenvalue weighted by atomic mass is 32.2. The molecular formula is C21H23FN2O4S. The van der Waals surface area contributed by atoms with Gasteiger partial charge in [0.25, 0.3) is 0 Å². The van der Waals surface area contributed by atoms with E-state index in [2.05, 4.69) is 10.0 Å². The van der Waals surface area contributed by atoms with Crippen molar-refractivity contribution < 1.29 is 22.7 Å². The van der Waals surface area contributed by atoms with E-state index in [1.807, 2.05) is 0 Å². The minimum atomic E-state index is -3.59. The van der Waals surface area contributed by atoms with Crippen LogP contribution in [0.5, 0.6) is 5.75 Å². The van der Waals surface area contributed by atoms with E-state index < -0.39 is 27.5 Å². The number of halogens is 1. The highest BCUT2D eigenvalue weighted by molar-refractivity contribution is 7.89. The van der Waals surface area contributed by atoms with Crippen molar-refractivity contribution in [1.29, 1.82) is 0 Å². The second-order valence-corrected chi connectivity index (χ2v) is 8.73. The van der Waals surface area contributed by atoms with E-state index in [-0.39, 0.29) is 10.9 Å². The highest BCUT2D eigenvalue weighted by Crippen LogP contribution is 2.21. The van der Waals surface area contributed by atoms with Gasteiger partial charge in [-0.3, -0.25) is 4.79 Å². The summed E-state index contributed by atoms with van der Waals surface area (Å²) < 4.78 is 41.0. The maximum absolute atomic E-state index is 13.3. The van der Waals surface area contributed by atoms with Crippen molar-refractivity contribution in [2.75, 3.05) is 5.32 Å². The molecule has 2 aromatic carbocycles. The van der Waals surface area contributed by atoms with Crippen LogP contribution in [0.1, 0.15) is 37.7 Å². The lowest BCUT2D eigenvalue weighted by molar-refractivity contribution is -0.111. The number of phenolic OH excluding ortho intramolecular Hbond substituents is 1. The maximum atomic E-state index is 13.3. The zero-order chi connectivity index (χ0) is 20.9. The Labute approximate surface area is 169 Å². The van der Waals surface area contributed by atoms with E-state index in [1.54, 1.807) is 0 Å². The summed E-state index contributed by atoms with van der Waals surface area (Å²) in [6.07, 6.45) is 7.54. The third-order valence-electron chi connectivity index (χ3n) is 4.76. The first-order chi connectivity index (χ1) is 13.8. The van der Waals surface area contributed by atoms with Gasteiger partial charge in [-0.05, 0) is 60.9 Å². The molecule has 0 bridgehead atoms. The summed E-state index contributed by atoms with van der Waals surface area (Å²) in [6, 6.07) is 9.68. The van der Waals surface area contributed by atoms with Gasteiger partial charge < -0.3 is 10.4 Å². The predicted octanol–water partition coefficient (Wildman–Crippen LogP) is 3.79. The maximum Gasteiger partial charge on any atom is 0.248 e. The fraction of sp³-hybridized carbons (Fsp3) is 0.286. The number of benzene rings is 2. The SMILES string of the molecule is O=C(C=Cc1ccc(O)c(F)c1)Nc1ccc(S(=O)(=O)NC2CCCCC2)cc1. The van der Waals surface area contributed by atoms with Gasteiger partial charge in [0.05, 0.1) is 4.90 Å². The zero-order valence-electron chi connectivity index (χ0n) is 15.8. The fourth-order valence-electron chi connectivity index (χ4n) is 3.21. The number of carbonyl (C=O) groups is 1. The first kappa shape index (κ1) is 21.0. The molecule has 0 heterocycles. The topological polar surface area (TPSA) is 95.5 Å². The minimum absolute atomic E-state index is 0.0250. The van der Waals surface area contributed by atoms with Crippen molar-refractivity contribution in [2.24, 2.45) is 0 Å². The van der Waals surface area contributed by atoms with Gasteiger partial charge in [-0.15, -0.1) is 0 Å². The summed E-state index contributed by atoms with van der Waals surface area (Å²) in [7, 11) is -3.59. The molecule has 0 aromatic heterocycles. The van der Waals surface area contributed by atoms with Gasteiger partial charge in [-0.25, -0.2) is 17.5 Å². The number of carbonyl (C=O) groups excluding carboxylic acids is 1. The van der Waals surface area contributed by atoms with Crippen molar-refractivity contribution in [2.45, 2.75) is 43.0 Å². The molecule has 29 heavy (non-hydrogen) atoms. The summed E-state index contributed by atoms with van der Waals surface area (Å²) in [5.74, 6) is -1.68. The van der Waals surface area contributed by atoms with Gasteiger partial charge in [-0.2, -0.15) is 0 Å². The molecule has 0 saturated heterocycles. The van der Waals surface area contributed by atoms with Crippen LogP contribution in [0.3, 0.4) is 0 Å². The van der Waals surface area contributed by atoms with E-state index in [1.165, 1.54) is 48.6 Å². The molecule has 1 aliphatic rings. The van der Waals surface area contributed by atoms with E-state index in [4.69, 9.17) is 5.11 Å². The first-order valence-corrected chi connectivity index (χ1v) is 10.9. The van der Waals surface area contributed by atoms with E-state index in [0.717, 1.165) is 38.2 Å². The molecule has 1 fully saturated rings. The van der Waals surface area contributed by atoms with E-state index in [0.29, 0.717) is 11.3 Å². The molecular weight excluding hydrogens is 395 g/mol. The Morgan fingerprint density at radius 3 is 2.41 bits per heavy atom. The smallest absolute Gasteiger partial charge is 0.248 e. The number of nitrogens with one attached hydrogen (secondary N) is 2.